The highest BCUT2D eigenvalue weighted by atomic mass is 15.0. The van der Waals surface area contributed by atoms with Crippen molar-refractivity contribution >= 4 is 12.4 Å². The van der Waals surface area contributed by atoms with Crippen molar-refractivity contribution in [3.63, 3.8) is 0 Å². The van der Waals surface area contributed by atoms with Crippen LogP contribution in [0.1, 0.15) is 77.2 Å². The van der Waals surface area contributed by atoms with E-state index in [4.69, 9.17) is 0 Å². The van der Waals surface area contributed by atoms with Crippen molar-refractivity contribution in [2.45, 2.75) is 78.1 Å². The molecule has 1 aliphatic rings. The molecule has 1 aromatic carbocycles. The molecule has 1 aliphatic heterocycles. The van der Waals surface area contributed by atoms with Crippen molar-refractivity contribution < 1.29 is 0 Å². The van der Waals surface area contributed by atoms with Gasteiger partial charge >= 0.3 is 0 Å². The Hall–Kier alpha value is -1.57. The molecular weight excluding hydrogens is 304 g/mol. The van der Waals surface area contributed by atoms with E-state index in [9.17, 15) is 0 Å². The highest BCUT2D eigenvalue weighted by Crippen LogP contribution is 2.36. The molecule has 2 atom stereocenters. The minimum Gasteiger partial charge on any atom is -0.0965 e. The fourth-order valence-corrected chi connectivity index (χ4v) is 3.88. The molecule has 136 valence electrons. The summed E-state index contributed by atoms with van der Waals surface area (Å²) < 4.78 is 0. The molecule has 1 aromatic rings. The van der Waals surface area contributed by atoms with Gasteiger partial charge in [-0.1, -0.05) is 99.1 Å². The first kappa shape index (κ1) is 19.8. The number of nitrogens with zero attached hydrogens (tertiary/aromatic N) is 2. The summed E-state index contributed by atoms with van der Waals surface area (Å²) in [7, 11) is 0. The standard InChI is InChI=1S/C23H35N2/c1-3-5-6-7-8-12-16-21(19-20-14-10-9-11-15-20)22(13-4-2)23-24-17-18-25-23/h9-11,14-15,17-18,21-22H,3-8,12-13,16,19H2,1-2H3/q+1. The fourth-order valence-electron chi connectivity index (χ4n) is 3.88. The Morgan fingerprint density at radius 2 is 1.48 bits per heavy atom. The molecule has 2 unspecified atom stereocenters. The maximum atomic E-state index is 4.56. The summed E-state index contributed by atoms with van der Waals surface area (Å²) in [6.07, 6.45) is 17.8. The Labute approximate surface area is 154 Å². The summed E-state index contributed by atoms with van der Waals surface area (Å²) in [4.78, 5) is 9.11. The predicted molar refractivity (Wildman–Crippen MR) is 110 cm³/mol. The molecule has 2 nitrogen and oxygen atoms in total. The van der Waals surface area contributed by atoms with Crippen molar-refractivity contribution in [3.8, 4) is 0 Å². The summed E-state index contributed by atoms with van der Waals surface area (Å²) in [5, 5.41) is 0. The number of hydrogen-bond acceptors (Lipinski definition) is 2. The fraction of sp³-hybridized carbons (Fsp3) is 0.609. The van der Waals surface area contributed by atoms with Gasteiger partial charge in [-0.2, -0.15) is 0 Å². The molecule has 0 spiro atoms. The van der Waals surface area contributed by atoms with Crippen LogP contribution in [0, 0.1) is 18.0 Å². The van der Waals surface area contributed by atoms with Gasteiger partial charge in [-0.15, -0.1) is 0 Å². The van der Waals surface area contributed by atoms with Crippen molar-refractivity contribution in [1.82, 2.24) is 0 Å². The van der Waals surface area contributed by atoms with Gasteiger partial charge in [0.05, 0.1) is 5.92 Å². The maximum Gasteiger partial charge on any atom is 0.244 e. The predicted octanol–water partition coefficient (Wildman–Crippen LogP) is 6.66. The molecule has 25 heavy (non-hydrogen) atoms. The Bertz CT molecular complexity index is 494. The molecule has 0 radical (unpaired) electrons. The smallest absolute Gasteiger partial charge is 0.0965 e. The van der Waals surface area contributed by atoms with E-state index >= 15 is 0 Å². The normalized spacial score (nSPS) is 15.7. The van der Waals surface area contributed by atoms with Gasteiger partial charge in [-0.3, -0.25) is 0 Å². The largest absolute Gasteiger partial charge is 0.244 e. The molecule has 1 heterocycles. The third kappa shape index (κ3) is 7.05. The summed E-state index contributed by atoms with van der Waals surface area (Å²) in [5.74, 6) is 1.15. The topological polar surface area (TPSA) is 24.7 Å². The second kappa shape index (κ2) is 11.9. The molecule has 0 saturated carbocycles. The molecule has 0 amide bonds. The van der Waals surface area contributed by atoms with Gasteiger partial charge < -0.3 is 0 Å². The third-order valence-electron chi connectivity index (χ3n) is 5.25. The Morgan fingerprint density at radius 3 is 2.16 bits per heavy atom. The van der Waals surface area contributed by atoms with Crippen LogP contribution in [0.3, 0.4) is 0 Å². The monoisotopic (exact) mass is 339 g/mol. The van der Waals surface area contributed by atoms with Gasteiger partial charge in [0.25, 0.3) is 0 Å². The van der Waals surface area contributed by atoms with Crippen LogP contribution >= 0.6 is 0 Å². The SMILES string of the molecule is CCCCCCCCC(Cc1ccccc1)C(CCC)[C+]1N=CC=N1. The van der Waals surface area contributed by atoms with Gasteiger partial charge in [-0.25, -0.2) is 0 Å². The van der Waals surface area contributed by atoms with Gasteiger partial charge in [0.15, 0.2) is 12.4 Å². The third-order valence-corrected chi connectivity index (χ3v) is 5.25. The van der Waals surface area contributed by atoms with Crippen LogP contribution in [-0.4, -0.2) is 12.4 Å². The van der Waals surface area contributed by atoms with E-state index in [0.717, 1.165) is 12.6 Å². The van der Waals surface area contributed by atoms with Crippen LogP contribution in [0.4, 0.5) is 0 Å². The second-order valence-electron chi connectivity index (χ2n) is 7.32. The van der Waals surface area contributed by atoms with Crippen molar-refractivity contribution in [1.29, 1.82) is 0 Å². The van der Waals surface area contributed by atoms with Crippen LogP contribution in [0.5, 0.6) is 0 Å². The van der Waals surface area contributed by atoms with Crippen molar-refractivity contribution in [2.75, 3.05) is 0 Å². The van der Waals surface area contributed by atoms with Gasteiger partial charge in [-0.05, 0) is 30.7 Å². The van der Waals surface area contributed by atoms with Crippen molar-refractivity contribution in [2.24, 2.45) is 21.8 Å². The Morgan fingerprint density at radius 1 is 0.800 bits per heavy atom. The molecule has 0 fully saturated rings. The lowest BCUT2D eigenvalue weighted by Gasteiger charge is -2.25. The van der Waals surface area contributed by atoms with E-state index in [1.165, 1.54) is 63.4 Å². The average Bonchev–Trinajstić information content (AvgIpc) is 3.17. The van der Waals surface area contributed by atoms with E-state index < -0.39 is 0 Å². The number of unbranched alkanes of at least 4 members (excludes halogenated alkanes) is 5. The highest BCUT2D eigenvalue weighted by molar-refractivity contribution is 6.18. The lowest BCUT2D eigenvalue weighted by atomic mass is 9.79. The summed E-state index contributed by atoms with van der Waals surface area (Å²) in [5.41, 5.74) is 1.45. The minimum atomic E-state index is 0.496. The van der Waals surface area contributed by atoms with Crippen LogP contribution < -0.4 is 0 Å². The van der Waals surface area contributed by atoms with Crippen LogP contribution in [0.25, 0.3) is 0 Å². The zero-order valence-electron chi connectivity index (χ0n) is 16.2. The lowest BCUT2D eigenvalue weighted by molar-refractivity contribution is 0.290. The van der Waals surface area contributed by atoms with E-state index in [1.807, 2.05) is 12.4 Å². The number of hydrogen-bond donors (Lipinski definition) is 0. The van der Waals surface area contributed by atoms with Gasteiger partial charge in [0.2, 0.25) is 6.17 Å². The van der Waals surface area contributed by atoms with E-state index in [-0.39, 0.29) is 0 Å². The first-order valence-corrected chi connectivity index (χ1v) is 10.3. The minimum absolute atomic E-state index is 0.496. The zero-order chi connectivity index (χ0) is 17.7. The van der Waals surface area contributed by atoms with E-state index in [0.29, 0.717) is 11.8 Å². The van der Waals surface area contributed by atoms with Crippen molar-refractivity contribution in [3.05, 3.63) is 42.1 Å². The molecule has 2 rings (SSSR count). The molecular formula is C23H35N2+. The number of rotatable bonds is 13. The number of benzene rings is 1. The highest BCUT2D eigenvalue weighted by Gasteiger charge is 2.34. The quantitative estimate of drug-likeness (QED) is 0.284. The molecule has 0 N–H and O–H groups in total. The Balaban J connectivity index is 1.96. The van der Waals surface area contributed by atoms with Crippen LogP contribution in [-0.2, 0) is 6.42 Å². The van der Waals surface area contributed by atoms with E-state index in [1.54, 1.807) is 0 Å². The summed E-state index contributed by atoms with van der Waals surface area (Å²) >= 11 is 0. The van der Waals surface area contributed by atoms with Gasteiger partial charge in [0.1, 0.15) is 0 Å². The second-order valence-corrected chi connectivity index (χ2v) is 7.32. The Kier molecular flexibility index (Phi) is 9.40. The average molecular weight is 340 g/mol. The zero-order valence-corrected chi connectivity index (χ0v) is 16.2. The lowest BCUT2D eigenvalue weighted by Crippen LogP contribution is -2.22. The maximum absolute atomic E-state index is 4.56. The summed E-state index contributed by atoms with van der Waals surface area (Å²) in [6, 6.07) is 11.0. The number of aliphatic imine (C=N–C) groups is 2. The van der Waals surface area contributed by atoms with Crippen LogP contribution in [0.15, 0.2) is 40.3 Å². The summed E-state index contributed by atoms with van der Waals surface area (Å²) in [6.45, 7) is 4.56. The molecule has 0 saturated heterocycles. The van der Waals surface area contributed by atoms with Crippen LogP contribution in [0.2, 0.25) is 0 Å². The molecule has 0 bridgehead atoms. The molecule has 0 aliphatic carbocycles. The molecule has 2 heteroatoms. The first-order valence-electron chi connectivity index (χ1n) is 10.3. The molecule has 0 aromatic heterocycles. The van der Waals surface area contributed by atoms with E-state index in [2.05, 4.69) is 54.2 Å². The van der Waals surface area contributed by atoms with Gasteiger partial charge in [0, 0.05) is 0 Å². The first-order chi connectivity index (χ1) is 12.3.